The van der Waals surface area contributed by atoms with Crippen molar-refractivity contribution >= 4 is 51.8 Å². The SMILES string of the molecule is CC1=NN(c2ccccc2)C2(C1)SCC(=O)N2c1ccc(C2=NN(c3ccccc3)C(c3ccc(N(C)C)cc3)C2)cc1. The summed E-state index contributed by atoms with van der Waals surface area (Å²) < 4.78 is 0. The van der Waals surface area contributed by atoms with Crippen LogP contribution in [-0.4, -0.2) is 42.2 Å². The quantitative estimate of drug-likeness (QED) is 0.241. The summed E-state index contributed by atoms with van der Waals surface area (Å²) in [6.45, 7) is 2.04. The third-order valence-corrected chi connectivity index (χ3v) is 9.65. The van der Waals surface area contributed by atoms with Crippen LogP contribution >= 0.6 is 11.8 Å². The fourth-order valence-electron chi connectivity index (χ4n) is 6.21. The van der Waals surface area contributed by atoms with Gasteiger partial charge in [0.2, 0.25) is 5.91 Å². The number of benzene rings is 4. The summed E-state index contributed by atoms with van der Waals surface area (Å²) in [4.78, 5) is 16.9. The highest BCUT2D eigenvalue weighted by Gasteiger charge is 2.55. The van der Waals surface area contributed by atoms with Gasteiger partial charge in [0.25, 0.3) is 0 Å². The molecule has 0 N–H and O–H groups in total. The van der Waals surface area contributed by atoms with E-state index in [9.17, 15) is 4.79 Å². The van der Waals surface area contributed by atoms with Crippen molar-refractivity contribution in [1.29, 1.82) is 0 Å². The largest absolute Gasteiger partial charge is 0.378 e. The predicted molar refractivity (Wildman–Crippen MR) is 179 cm³/mol. The molecule has 3 aliphatic rings. The lowest BCUT2D eigenvalue weighted by Crippen LogP contribution is -2.53. The van der Waals surface area contributed by atoms with Gasteiger partial charge >= 0.3 is 0 Å². The maximum Gasteiger partial charge on any atom is 0.239 e. The normalized spacial score (nSPS) is 21.5. The van der Waals surface area contributed by atoms with Gasteiger partial charge in [-0.1, -0.05) is 72.4 Å². The van der Waals surface area contributed by atoms with Crippen LogP contribution in [0.3, 0.4) is 0 Å². The Morgan fingerprint density at radius 3 is 2.09 bits per heavy atom. The van der Waals surface area contributed by atoms with Gasteiger partial charge < -0.3 is 4.90 Å². The molecule has 1 amide bonds. The minimum atomic E-state index is -0.608. The van der Waals surface area contributed by atoms with Crippen molar-refractivity contribution in [2.24, 2.45) is 10.2 Å². The van der Waals surface area contributed by atoms with E-state index in [-0.39, 0.29) is 11.9 Å². The van der Waals surface area contributed by atoms with Crippen molar-refractivity contribution in [2.45, 2.75) is 30.8 Å². The van der Waals surface area contributed by atoms with Crippen LogP contribution in [0.2, 0.25) is 0 Å². The second-order valence-corrected chi connectivity index (χ2v) is 12.6. The molecule has 2 atom stereocenters. The first-order valence-corrected chi connectivity index (χ1v) is 15.6. The van der Waals surface area contributed by atoms with Crippen molar-refractivity contribution in [1.82, 2.24) is 0 Å². The van der Waals surface area contributed by atoms with Gasteiger partial charge in [-0.25, -0.2) is 5.01 Å². The van der Waals surface area contributed by atoms with Gasteiger partial charge in [-0.05, 0) is 66.6 Å². The Labute approximate surface area is 257 Å². The molecule has 4 aromatic rings. The Hall–Kier alpha value is -4.56. The molecule has 1 spiro atoms. The van der Waals surface area contributed by atoms with E-state index < -0.39 is 4.99 Å². The smallest absolute Gasteiger partial charge is 0.239 e. The van der Waals surface area contributed by atoms with Crippen LogP contribution in [0.4, 0.5) is 22.7 Å². The first kappa shape index (κ1) is 27.3. The second kappa shape index (κ2) is 10.9. The van der Waals surface area contributed by atoms with E-state index in [1.807, 2.05) is 41.1 Å². The number of rotatable bonds is 6. The van der Waals surface area contributed by atoms with E-state index in [0.29, 0.717) is 12.2 Å². The topological polar surface area (TPSA) is 54.8 Å². The van der Waals surface area contributed by atoms with Crippen LogP contribution < -0.4 is 19.8 Å². The standard InChI is InChI=1S/C35H34N6OS/c1-25-23-35(41(36-25)31-12-8-5-9-13-31)39(34(42)24-43-35)29-20-14-26(15-21-29)32-22-33(27-16-18-28(19-17-27)38(2)3)40(37-32)30-10-6-4-7-11-30/h4-21,33H,22-24H2,1-3H3. The van der Waals surface area contributed by atoms with Crippen LogP contribution in [-0.2, 0) is 4.79 Å². The minimum Gasteiger partial charge on any atom is -0.378 e. The Bertz CT molecular complexity index is 1690. The summed E-state index contributed by atoms with van der Waals surface area (Å²) in [6, 6.07) is 37.6. The number of anilines is 4. The van der Waals surface area contributed by atoms with E-state index in [4.69, 9.17) is 10.2 Å². The Morgan fingerprint density at radius 1 is 0.791 bits per heavy atom. The molecule has 0 aliphatic carbocycles. The van der Waals surface area contributed by atoms with Crippen molar-refractivity contribution in [3.8, 4) is 0 Å². The van der Waals surface area contributed by atoms with Gasteiger partial charge in [0.1, 0.15) is 0 Å². The summed E-state index contributed by atoms with van der Waals surface area (Å²) in [7, 11) is 4.12. The zero-order valence-corrected chi connectivity index (χ0v) is 25.4. The van der Waals surface area contributed by atoms with Crippen molar-refractivity contribution < 1.29 is 4.79 Å². The molecule has 43 heavy (non-hydrogen) atoms. The molecule has 1 fully saturated rings. The molecule has 7 rings (SSSR count). The monoisotopic (exact) mass is 586 g/mol. The Morgan fingerprint density at radius 2 is 1.44 bits per heavy atom. The molecule has 2 unspecified atom stereocenters. The molecular formula is C35H34N6OS. The first-order valence-electron chi connectivity index (χ1n) is 14.6. The predicted octanol–water partition coefficient (Wildman–Crippen LogP) is 7.13. The number of hydrogen-bond acceptors (Lipinski definition) is 7. The fourth-order valence-corrected chi connectivity index (χ4v) is 7.61. The van der Waals surface area contributed by atoms with Crippen LogP contribution in [0.25, 0.3) is 0 Å². The summed E-state index contributed by atoms with van der Waals surface area (Å²) >= 11 is 1.65. The summed E-state index contributed by atoms with van der Waals surface area (Å²) in [5.74, 6) is 0.513. The van der Waals surface area contributed by atoms with Crippen molar-refractivity contribution in [3.63, 3.8) is 0 Å². The van der Waals surface area contributed by atoms with E-state index in [0.717, 1.165) is 40.5 Å². The number of para-hydroxylation sites is 2. The average Bonchev–Trinajstić information content (AvgIpc) is 3.73. The lowest BCUT2D eigenvalue weighted by molar-refractivity contribution is -0.116. The third-order valence-electron chi connectivity index (χ3n) is 8.30. The molecule has 0 bridgehead atoms. The van der Waals surface area contributed by atoms with Gasteiger partial charge in [-0.2, -0.15) is 10.2 Å². The molecule has 0 radical (unpaired) electrons. The first-order chi connectivity index (χ1) is 20.9. The van der Waals surface area contributed by atoms with E-state index in [2.05, 4.69) is 109 Å². The van der Waals surface area contributed by atoms with Crippen LogP contribution in [0.5, 0.6) is 0 Å². The van der Waals surface area contributed by atoms with Gasteiger partial charge in [0.15, 0.2) is 4.99 Å². The number of nitrogens with zero attached hydrogens (tertiary/aromatic N) is 6. The number of amides is 1. The van der Waals surface area contributed by atoms with Gasteiger partial charge in [-0.15, -0.1) is 0 Å². The fraction of sp³-hybridized carbons (Fsp3) is 0.229. The minimum absolute atomic E-state index is 0.0890. The van der Waals surface area contributed by atoms with Crippen molar-refractivity contribution in [2.75, 3.05) is 39.7 Å². The molecule has 4 aromatic carbocycles. The van der Waals surface area contributed by atoms with E-state index in [1.54, 1.807) is 11.8 Å². The molecule has 3 aliphatic heterocycles. The number of hydrazone groups is 2. The summed E-state index contributed by atoms with van der Waals surface area (Å²) in [6.07, 6.45) is 1.47. The summed E-state index contributed by atoms with van der Waals surface area (Å²) in [5.41, 5.74) is 8.42. The maximum atomic E-state index is 13.4. The maximum absolute atomic E-state index is 13.4. The average molecular weight is 587 g/mol. The third kappa shape index (κ3) is 4.85. The van der Waals surface area contributed by atoms with Crippen LogP contribution in [0.15, 0.2) is 119 Å². The highest BCUT2D eigenvalue weighted by Crippen LogP contribution is 2.50. The lowest BCUT2D eigenvalue weighted by atomic mass is 9.97. The number of carbonyl (C=O) groups is 1. The highest BCUT2D eigenvalue weighted by atomic mass is 32.2. The molecule has 3 heterocycles. The Kier molecular flexibility index (Phi) is 6.94. The molecule has 1 saturated heterocycles. The zero-order chi connectivity index (χ0) is 29.6. The Balaban J connectivity index is 1.20. The number of carbonyl (C=O) groups excluding carboxylic acids is 1. The second-order valence-electron chi connectivity index (χ2n) is 11.4. The molecule has 7 nitrogen and oxygen atoms in total. The van der Waals surface area contributed by atoms with Gasteiger partial charge in [0.05, 0.1) is 28.9 Å². The number of hydrogen-bond donors (Lipinski definition) is 0. The van der Waals surface area contributed by atoms with Crippen LogP contribution in [0, 0.1) is 0 Å². The van der Waals surface area contributed by atoms with Gasteiger partial charge in [0, 0.05) is 44.0 Å². The van der Waals surface area contributed by atoms with E-state index >= 15 is 0 Å². The van der Waals surface area contributed by atoms with Gasteiger partial charge in [-0.3, -0.25) is 14.7 Å². The lowest BCUT2D eigenvalue weighted by Gasteiger charge is -2.40. The molecule has 0 aromatic heterocycles. The highest BCUT2D eigenvalue weighted by molar-refractivity contribution is 8.02. The van der Waals surface area contributed by atoms with Crippen LogP contribution in [0.1, 0.15) is 36.9 Å². The summed E-state index contributed by atoms with van der Waals surface area (Å²) in [5, 5.41) is 14.2. The molecular weight excluding hydrogens is 552 g/mol. The van der Waals surface area contributed by atoms with Crippen molar-refractivity contribution in [3.05, 3.63) is 120 Å². The zero-order valence-electron chi connectivity index (χ0n) is 24.6. The molecule has 8 heteroatoms. The van der Waals surface area contributed by atoms with E-state index in [1.165, 1.54) is 11.3 Å². The molecule has 216 valence electrons. The molecule has 0 saturated carbocycles. The number of thioether (sulfide) groups is 1.